The third-order valence-corrected chi connectivity index (χ3v) is 3.81. The third kappa shape index (κ3) is 2.25. The van der Waals surface area contributed by atoms with Gasteiger partial charge in [0.05, 0.1) is 10.5 Å². The number of hydrogen-bond acceptors (Lipinski definition) is 1. The summed E-state index contributed by atoms with van der Waals surface area (Å²) in [5.41, 5.74) is 1.46. The molecule has 0 aliphatic carbocycles. The van der Waals surface area contributed by atoms with Gasteiger partial charge in [-0.15, -0.1) is 0 Å². The maximum absolute atomic E-state index is 13.4. The van der Waals surface area contributed by atoms with Crippen LogP contribution >= 0.6 is 27.5 Å². The molecule has 100 valence electrons. The fourth-order valence-electron chi connectivity index (χ4n) is 2.15. The van der Waals surface area contributed by atoms with Crippen LogP contribution in [-0.2, 0) is 0 Å². The molecule has 3 rings (SSSR count). The molecule has 0 spiro atoms. The largest absolute Gasteiger partial charge is 0.359 e. The highest BCUT2D eigenvalue weighted by molar-refractivity contribution is 9.10. The van der Waals surface area contributed by atoms with E-state index in [1.165, 1.54) is 12.1 Å². The first kappa shape index (κ1) is 13.3. The molecule has 0 fully saturated rings. The summed E-state index contributed by atoms with van der Waals surface area (Å²) in [6.45, 7) is 0. The van der Waals surface area contributed by atoms with Gasteiger partial charge < -0.3 is 4.98 Å². The van der Waals surface area contributed by atoms with Crippen molar-refractivity contribution in [1.29, 1.82) is 0 Å². The fraction of sp³-hybridized carbons (Fsp3) is 0. The van der Waals surface area contributed by atoms with E-state index in [0.717, 1.165) is 5.39 Å². The monoisotopic (exact) mass is 351 g/mol. The Balaban J connectivity index is 2.15. The lowest BCUT2D eigenvalue weighted by Crippen LogP contribution is -2.01. The smallest absolute Gasteiger partial charge is 0.195 e. The van der Waals surface area contributed by atoms with Crippen LogP contribution in [0.2, 0.25) is 5.02 Å². The molecule has 0 bridgehead atoms. The van der Waals surface area contributed by atoms with E-state index in [0.29, 0.717) is 20.6 Å². The van der Waals surface area contributed by atoms with Crippen molar-refractivity contribution in [3.63, 3.8) is 0 Å². The maximum Gasteiger partial charge on any atom is 0.195 e. The molecule has 5 heteroatoms. The van der Waals surface area contributed by atoms with E-state index in [4.69, 9.17) is 11.6 Å². The summed E-state index contributed by atoms with van der Waals surface area (Å²) in [5.74, 6) is -0.709. The molecule has 1 aromatic heterocycles. The summed E-state index contributed by atoms with van der Waals surface area (Å²) in [6.07, 6.45) is 1.59. The average molecular weight is 353 g/mol. The van der Waals surface area contributed by atoms with Crippen LogP contribution in [0.3, 0.4) is 0 Å². The van der Waals surface area contributed by atoms with E-state index < -0.39 is 5.82 Å². The maximum atomic E-state index is 13.4. The molecule has 2 nitrogen and oxygen atoms in total. The standard InChI is InChI=1S/C15H8BrClFNO/c16-9-4-8(5-10(18)6-9)15(20)12-7-19-14-11(12)2-1-3-13(14)17/h1-7,19H. The van der Waals surface area contributed by atoms with E-state index in [-0.39, 0.29) is 11.3 Å². The number of H-pyrrole nitrogens is 1. The highest BCUT2D eigenvalue weighted by Gasteiger charge is 2.16. The molecule has 0 radical (unpaired) electrons. The number of para-hydroxylation sites is 1. The fourth-order valence-corrected chi connectivity index (χ4v) is 2.84. The number of ketones is 1. The van der Waals surface area contributed by atoms with Gasteiger partial charge in [0.15, 0.2) is 5.78 Å². The van der Waals surface area contributed by atoms with Gasteiger partial charge in [-0.05, 0) is 24.3 Å². The first-order chi connectivity index (χ1) is 9.56. The van der Waals surface area contributed by atoms with Crippen LogP contribution in [-0.4, -0.2) is 10.8 Å². The number of carbonyl (C=O) groups is 1. The summed E-state index contributed by atoms with van der Waals surface area (Å²) >= 11 is 9.25. The molecular weight excluding hydrogens is 345 g/mol. The Morgan fingerprint density at radius 3 is 2.80 bits per heavy atom. The summed E-state index contributed by atoms with van der Waals surface area (Å²) in [6, 6.07) is 9.44. The second-order valence-corrected chi connectivity index (χ2v) is 5.67. The van der Waals surface area contributed by atoms with E-state index in [1.54, 1.807) is 30.5 Å². The zero-order valence-corrected chi connectivity index (χ0v) is 12.4. The lowest BCUT2D eigenvalue weighted by atomic mass is 10.0. The molecule has 2 aromatic carbocycles. The summed E-state index contributed by atoms with van der Waals surface area (Å²) < 4.78 is 13.9. The number of nitrogens with one attached hydrogen (secondary N) is 1. The molecular formula is C15H8BrClFNO. The summed E-state index contributed by atoms with van der Waals surface area (Å²) in [4.78, 5) is 15.5. The zero-order chi connectivity index (χ0) is 14.3. The van der Waals surface area contributed by atoms with Gasteiger partial charge in [-0.25, -0.2) is 4.39 Å². The second-order valence-electron chi connectivity index (χ2n) is 4.35. The summed E-state index contributed by atoms with van der Waals surface area (Å²) in [5, 5.41) is 1.27. The van der Waals surface area contributed by atoms with Gasteiger partial charge in [0, 0.05) is 27.2 Å². The zero-order valence-electron chi connectivity index (χ0n) is 10.1. The van der Waals surface area contributed by atoms with Crippen LogP contribution < -0.4 is 0 Å². The third-order valence-electron chi connectivity index (χ3n) is 3.03. The van der Waals surface area contributed by atoms with Gasteiger partial charge in [0.25, 0.3) is 0 Å². The van der Waals surface area contributed by atoms with Gasteiger partial charge >= 0.3 is 0 Å². The Bertz CT molecular complexity index is 808. The first-order valence-electron chi connectivity index (χ1n) is 5.82. The number of benzene rings is 2. The Hall–Kier alpha value is -1.65. The van der Waals surface area contributed by atoms with Crippen molar-refractivity contribution in [3.8, 4) is 0 Å². The van der Waals surface area contributed by atoms with E-state index in [1.807, 2.05) is 0 Å². The molecule has 0 saturated carbocycles. The normalized spacial score (nSPS) is 10.9. The Morgan fingerprint density at radius 1 is 1.25 bits per heavy atom. The SMILES string of the molecule is O=C(c1cc(F)cc(Br)c1)c1c[nH]c2c(Cl)cccc12. The van der Waals surface area contributed by atoms with Crippen molar-refractivity contribution in [2.45, 2.75) is 0 Å². The molecule has 0 aliphatic heterocycles. The number of fused-ring (bicyclic) bond motifs is 1. The first-order valence-corrected chi connectivity index (χ1v) is 7.00. The van der Waals surface area contributed by atoms with Crippen molar-refractivity contribution >= 4 is 44.2 Å². The van der Waals surface area contributed by atoms with Crippen molar-refractivity contribution in [3.05, 3.63) is 69.0 Å². The van der Waals surface area contributed by atoms with Crippen molar-refractivity contribution in [2.24, 2.45) is 0 Å². The van der Waals surface area contributed by atoms with Crippen LogP contribution in [0, 0.1) is 5.82 Å². The molecule has 0 unspecified atom stereocenters. The number of hydrogen-bond donors (Lipinski definition) is 1. The molecule has 1 heterocycles. The molecule has 0 amide bonds. The molecule has 20 heavy (non-hydrogen) atoms. The van der Waals surface area contributed by atoms with Crippen molar-refractivity contribution in [1.82, 2.24) is 4.98 Å². The minimum Gasteiger partial charge on any atom is -0.359 e. The molecule has 0 aliphatic rings. The van der Waals surface area contributed by atoms with E-state index in [9.17, 15) is 9.18 Å². The van der Waals surface area contributed by atoms with Crippen LogP contribution in [0.25, 0.3) is 10.9 Å². The number of halogens is 3. The van der Waals surface area contributed by atoms with Crippen molar-refractivity contribution < 1.29 is 9.18 Å². The van der Waals surface area contributed by atoms with E-state index in [2.05, 4.69) is 20.9 Å². The average Bonchev–Trinajstić information content (AvgIpc) is 2.82. The van der Waals surface area contributed by atoms with Gasteiger partial charge in [0.2, 0.25) is 0 Å². The highest BCUT2D eigenvalue weighted by Crippen LogP contribution is 2.27. The van der Waals surface area contributed by atoms with Gasteiger partial charge in [0.1, 0.15) is 5.82 Å². The van der Waals surface area contributed by atoms with Crippen LogP contribution in [0.15, 0.2) is 47.1 Å². The number of aromatic nitrogens is 1. The predicted octanol–water partition coefficient (Wildman–Crippen LogP) is 4.95. The molecule has 0 atom stereocenters. The quantitative estimate of drug-likeness (QED) is 0.650. The van der Waals surface area contributed by atoms with Crippen LogP contribution in [0.1, 0.15) is 15.9 Å². The van der Waals surface area contributed by atoms with Gasteiger partial charge in [-0.2, -0.15) is 0 Å². The predicted molar refractivity (Wildman–Crippen MR) is 80.8 cm³/mol. The Labute approximate surface area is 127 Å². The highest BCUT2D eigenvalue weighted by atomic mass is 79.9. The molecule has 3 aromatic rings. The Kier molecular flexibility index (Phi) is 3.36. The number of rotatable bonds is 2. The molecule has 1 N–H and O–H groups in total. The lowest BCUT2D eigenvalue weighted by Gasteiger charge is -2.02. The molecule has 0 saturated heterocycles. The minimum atomic E-state index is -0.458. The van der Waals surface area contributed by atoms with E-state index >= 15 is 0 Å². The van der Waals surface area contributed by atoms with Crippen molar-refractivity contribution in [2.75, 3.05) is 0 Å². The second kappa shape index (κ2) is 5.04. The topological polar surface area (TPSA) is 32.9 Å². The minimum absolute atomic E-state index is 0.251. The number of carbonyl (C=O) groups excluding carboxylic acids is 1. The van der Waals surface area contributed by atoms with Crippen LogP contribution in [0.4, 0.5) is 4.39 Å². The van der Waals surface area contributed by atoms with Gasteiger partial charge in [-0.1, -0.05) is 39.7 Å². The summed E-state index contributed by atoms with van der Waals surface area (Å²) in [7, 11) is 0. The Morgan fingerprint density at radius 2 is 2.05 bits per heavy atom. The lowest BCUT2D eigenvalue weighted by molar-refractivity contribution is 0.104. The van der Waals surface area contributed by atoms with Gasteiger partial charge in [-0.3, -0.25) is 4.79 Å². The number of aromatic amines is 1. The van der Waals surface area contributed by atoms with Crippen LogP contribution in [0.5, 0.6) is 0 Å².